The van der Waals surface area contributed by atoms with E-state index < -0.39 is 0 Å². The van der Waals surface area contributed by atoms with E-state index in [9.17, 15) is 4.79 Å². The lowest BCUT2D eigenvalue weighted by Gasteiger charge is -2.06. The average molecular weight is 437 g/mol. The highest BCUT2D eigenvalue weighted by Crippen LogP contribution is 2.25. The zero-order valence-electron chi connectivity index (χ0n) is 16.7. The van der Waals surface area contributed by atoms with Crippen LogP contribution in [0.3, 0.4) is 0 Å². The summed E-state index contributed by atoms with van der Waals surface area (Å²) in [5.74, 6) is 0.859. The van der Waals surface area contributed by atoms with Gasteiger partial charge in [-0.15, -0.1) is 11.3 Å². The summed E-state index contributed by atoms with van der Waals surface area (Å²) in [6.45, 7) is 4.37. The predicted octanol–water partition coefficient (Wildman–Crippen LogP) is 6.91. The smallest absolute Gasteiger partial charge is 0.250 e. The molecule has 30 heavy (non-hydrogen) atoms. The molecule has 4 nitrogen and oxygen atoms in total. The third-order valence-electron chi connectivity index (χ3n) is 4.70. The van der Waals surface area contributed by atoms with Crippen LogP contribution in [-0.4, -0.2) is 10.9 Å². The summed E-state index contributed by atoms with van der Waals surface area (Å²) in [5.41, 5.74) is 3.28. The van der Waals surface area contributed by atoms with Crippen LogP contribution in [-0.2, 0) is 11.2 Å². The second kappa shape index (κ2) is 8.86. The molecule has 1 amide bonds. The number of nitrogens with one attached hydrogen (secondary N) is 1. The molecule has 0 bridgehead atoms. The molecule has 0 saturated heterocycles. The number of amides is 1. The van der Waals surface area contributed by atoms with E-state index in [1.54, 1.807) is 12.1 Å². The molecule has 0 saturated carbocycles. The number of furan rings is 1. The molecule has 0 spiro atoms. The number of anilines is 1. The first kappa shape index (κ1) is 20.4. The van der Waals surface area contributed by atoms with Crippen molar-refractivity contribution in [1.82, 2.24) is 4.98 Å². The highest BCUT2D eigenvalue weighted by Gasteiger charge is 2.07. The highest BCUT2D eigenvalue weighted by molar-refractivity contribution is 7.15. The minimum absolute atomic E-state index is 0.254. The maximum absolute atomic E-state index is 12.2. The summed E-state index contributed by atoms with van der Waals surface area (Å²) < 4.78 is 5.68. The fourth-order valence-corrected chi connectivity index (χ4v) is 4.12. The average Bonchev–Trinajstić information content (AvgIpc) is 3.32. The molecule has 2 heterocycles. The number of benzene rings is 2. The number of halogens is 1. The molecule has 4 rings (SSSR count). The molecule has 0 aliphatic carbocycles. The van der Waals surface area contributed by atoms with Gasteiger partial charge in [0.05, 0.1) is 0 Å². The molecule has 152 valence electrons. The van der Waals surface area contributed by atoms with E-state index in [0.717, 1.165) is 22.3 Å². The van der Waals surface area contributed by atoms with Crippen molar-refractivity contribution in [3.8, 4) is 0 Å². The fourth-order valence-electron chi connectivity index (χ4n) is 3.09. The first-order valence-corrected chi connectivity index (χ1v) is 10.9. The molecule has 0 radical (unpaired) electrons. The van der Waals surface area contributed by atoms with Gasteiger partial charge in [0, 0.05) is 34.0 Å². The number of carbonyl (C=O) groups is 1. The number of hydrogen-bond donors (Lipinski definition) is 1. The molecule has 0 atom stereocenters. The maximum atomic E-state index is 12.2. The van der Waals surface area contributed by atoms with Crippen LogP contribution in [0.5, 0.6) is 0 Å². The Bertz CT molecular complexity index is 1210. The number of aromatic nitrogens is 1. The Hall–Kier alpha value is -2.89. The van der Waals surface area contributed by atoms with E-state index in [1.807, 2.05) is 24.4 Å². The van der Waals surface area contributed by atoms with Crippen molar-refractivity contribution < 1.29 is 9.21 Å². The van der Waals surface area contributed by atoms with Crippen molar-refractivity contribution in [1.29, 1.82) is 0 Å². The Kier molecular flexibility index (Phi) is 6.02. The Morgan fingerprint density at radius 3 is 2.77 bits per heavy atom. The van der Waals surface area contributed by atoms with Crippen molar-refractivity contribution >= 4 is 51.0 Å². The minimum atomic E-state index is -0.254. The molecule has 0 fully saturated rings. The van der Waals surface area contributed by atoms with Crippen molar-refractivity contribution in [2.24, 2.45) is 0 Å². The van der Waals surface area contributed by atoms with Gasteiger partial charge in [0.1, 0.15) is 11.3 Å². The Morgan fingerprint density at radius 2 is 2.00 bits per heavy atom. The summed E-state index contributed by atoms with van der Waals surface area (Å²) in [6, 6.07) is 15.9. The zero-order valence-corrected chi connectivity index (χ0v) is 18.3. The Morgan fingerprint density at radius 1 is 1.20 bits per heavy atom. The summed E-state index contributed by atoms with van der Waals surface area (Å²) in [7, 11) is 0. The molecular weight excluding hydrogens is 416 g/mol. The lowest BCUT2D eigenvalue weighted by atomic mass is 10.0. The minimum Gasteiger partial charge on any atom is -0.457 e. The zero-order chi connectivity index (χ0) is 21.1. The molecule has 6 heteroatoms. The quantitative estimate of drug-likeness (QED) is 0.334. The van der Waals surface area contributed by atoms with Crippen LogP contribution in [0.1, 0.15) is 41.5 Å². The number of thiazole rings is 1. The summed E-state index contributed by atoms with van der Waals surface area (Å²) in [4.78, 5) is 17.6. The number of rotatable bonds is 6. The van der Waals surface area contributed by atoms with Gasteiger partial charge < -0.3 is 4.42 Å². The van der Waals surface area contributed by atoms with Crippen LogP contribution in [0.2, 0.25) is 5.02 Å². The summed E-state index contributed by atoms with van der Waals surface area (Å²) >= 11 is 7.47. The number of nitrogens with zero attached hydrogens (tertiary/aromatic N) is 1. The molecule has 0 aliphatic heterocycles. The molecule has 0 aliphatic rings. The molecule has 1 N–H and O–H groups in total. The van der Waals surface area contributed by atoms with E-state index in [4.69, 9.17) is 16.0 Å². The first-order chi connectivity index (χ1) is 14.5. The van der Waals surface area contributed by atoms with Crippen LogP contribution in [0.25, 0.3) is 17.0 Å². The third kappa shape index (κ3) is 4.99. The van der Waals surface area contributed by atoms with E-state index >= 15 is 0 Å². The van der Waals surface area contributed by atoms with Crippen molar-refractivity contribution in [2.45, 2.75) is 26.2 Å². The number of hydrogen-bond acceptors (Lipinski definition) is 4. The van der Waals surface area contributed by atoms with Gasteiger partial charge in [-0.05, 0) is 47.4 Å². The standard InChI is InChI=1S/C24H21ClN2O2S/c1-15(2)17-5-3-16(4-6-17)11-21-14-26-24(30-21)27-23(28)10-8-20-13-18-12-19(25)7-9-22(18)29-20/h3-10,12-15H,11H2,1-2H3,(H,26,27,28). The van der Waals surface area contributed by atoms with Crippen LogP contribution in [0.4, 0.5) is 5.13 Å². The molecule has 2 aromatic heterocycles. The van der Waals surface area contributed by atoms with Crippen molar-refractivity contribution in [3.05, 3.63) is 87.6 Å². The van der Waals surface area contributed by atoms with Crippen molar-refractivity contribution in [3.63, 3.8) is 0 Å². The second-order valence-electron chi connectivity index (χ2n) is 7.36. The Balaban J connectivity index is 1.36. The van der Waals surface area contributed by atoms with Crippen LogP contribution >= 0.6 is 22.9 Å². The molecule has 4 aromatic rings. The monoisotopic (exact) mass is 436 g/mol. The normalized spacial score (nSPS) is 11.6. The topological polar surface area (TPSA) is 55.1 Å². The number of fused-ring (bicyclic) bond motifs is 1. The van der Waals surface area contributed by atoms with Gasteiger partial charge in [0.2, 0.25) is 5.91 Å². The van der Waals surface area contributed by atoms with Gasteiger partial charge >= 0.3 is 0 Å². The van der Waals surface area contributed by atoms with Gasteiger partial charge in [-0.1, -0.05) is 49.7 Å². The van der Waals surface area contributed by atoms with Crippen LogP contribution in [0, 0.1) is 0 Å². The number of carbonyl (C=O) groups excluding carboxylic acids is 1. The predicted molar refractivity (Wildman–Crippen MR) is 124 cm³/mol. The van der Waals surface area contributed by atoms with E-state index in [1.165, 1.54) is 28.5 Å². The van der Waals surface area contributed by atoms with E-state index in [-0.39, 0.29) is 5.91 Å². The lowest BCUT2D eigenvalue weighted by Crippen LogP contribution is -2.06. The van der Waals surface area contributed by atoms with Crippen LogP contribution < -0.4 is 5.32 Å². The molecule has 2 aromatic carbocycles. The molecule has 0 unspecified atom stereocenters. The van der Waals surface area contributed by atoms with Gasteiger partial charge in [0.15, 0.2) is 5.13 Å². The fraction of sp³-hybridized carbons (Fsp3) is 0.167. The van der Waals surface area contributed by atoms with Gasteiger partial charge in [-0.25, -0.2) is 4.98 Å². The Labute approximate surface area is 184 Å². The van der Waals surface area contributed by atoms with Gasteiger partial charge in [0.25, 0.3) is 0 Å². The lowest BCUT2D eigenvalue weighted by molar-refractivity contribution is -0.111. The van der Waals surface area contributed by atoms with Crippen LogP contribution in [0.15, 0.2) is 65.2 Å². The largest absolute Gasteiger partial charge is 0.457 e. The third-order valence-corrected chi connectivity index (χ3v) is 5.85. The second-order valence-corrected chi connectivity index (χ2v) is 8.91. The summed E-state index contributed by atoms with van der Waals surface area (Å²) in [5, 5.41) is 4.92. The van der Waals surface area contributed by atoms with Gasteiger partial charge in [-0.3, -0.25) is 10.1 Å². The van der Waals surface area contributed by atoms with E-state index in [2.05, 4.69) is 48.4 Å². The van der Waals surface area contributed by atoms with Gasteiger partial charge in [-0.2, -0.15) is 0 Å². The summed E-state index contributed by atoms with van der Waals surface area (Å²) in [6.07, 6.45) is 5.67. The van der Waals surface area contributed by atoms with Crippen molar-refractivity contribution in [2.75, 3.05) is 5.32 Å². The maximum Gasteiger partial charge on any atom is 0.250 e. The molecular formula is C24H21ClN2O2S. The first-order valence-electron chi connectivity index (χ1n) is 9.68. The SMILES string of the molecule is CC(C)c1ccc(Cc2cnc(NC(=O)C=Cc3cc4cc(Cl)ccc4o3)s2)cc1. The highest BCUT2D eigenvalue weighted by atomic mass is 35.5. The van der Waals surface area contributed by atoms with E-state index in [0.29, 0.717) is 21.8 Å².